The SMILES string of the molecule is Fc1ccccc1OCc1ccccc1CCl. The van der Waals surface area contributed by atoms with E-state index in [9.17, 15) is 4.39 Å². The quantitative estimate of drug-likeness (QED) is 0.741. The summed E-state index contributed by atoms with van der Waals surface area (Å²) in [4.78, 5) is 0. The smallest absolute Gasteiger partial charge is 0.165 e. The van der Waals surface area contributed by atoms with Gasteiger partial charge in [-0.1, -0.05) is 36.4 Å². The third-order valence-corrected chi connectivity index (χ3v) is 2.77. The summed E-state index contributed by atoms with van der Waals surface area (Å²) in [7, 11) is 0. The Hall–Kier alpha value is -1.54. The van der Waals surface area contributed by atoms with Gasteiger partial charge in [-0.05, 0) is 23.3 Å². The number of benzene rings is 2. The van der Waals surface area contributed by atoms with E-state index in [0.717, 1.165) is 11.1 Å². The molecule has 1 nitrogen and oxygen atoms in total. The van der Waals surface area contributed by atoms with Crippen LogP contribution in [0.5, 0.6) is 5.75 Å². The monoisotopic (exact) mass is 250 g/mol. The van der Waals surface area contributed by atoms with Gasteiger partial charge in [-0.15, -0.1) is 11.6 Å². The molecule has 3 heteroatoms. The first-order chi connectivity index (χ1) is 8.31. The largest absolute Gasteiger partial charge is 0.486 e. The molecule has 88 valence electrons. The minimum absolute atomic E-state index is 0.261. The van der Waals surface area contributed by atoms with Gasteiger partial charge < -0.3 is 4.74 Å². The van der Waals surface area contributed by atoms with Crippen LogP contribution >= 0.6 is 11.6 Å². The van der Waals surface area contributed by atoms with Gasteiger partial charge in [-0.25, -0.2) is 4.39 Å². The fourth-order valence-electron chi connectivity index (χ4n) is 1.55. The molecule has 0 saturated carbocycles. The highest BCUT2D eigenvalue weighted by molar-refractivity contribution is 6.17. The first-order valence-electron chi connectivity index (χ1n) is 5.31. The third-order valence-electron chi connectivity index (χ3n) is 2.48. The van der Waals surface area contributed by atoms with Crippen molar-refractivity contribution in [1.29, 1.82) is 0 Å². The number of hydrogen-bond donors (Lipinski definition) is 0. The van der Waals surface area contributed by atoms with Crippen LogP contribution in [0.25, 0.3) is 0 Å². The molecule has 0 atom stereocenters. The van der Waals surface area contributed by atoms with Crippen molar-refractivity contribution in [2.75, 3.05) is 0 Å². The lowest BCUT2D eigenvalue weighted by Gasteiger charge is -2.09. The molecule has 17 heavy (non-hydrogen) atoms. The maximum absolute atomic E-state index is 13.3. The van der Waals surface area contributed by atoms with Gasteiger partial charge >= 0.3 is 0 Å². The highest BCUT2D eigenvalue weighted by atomic mass is 35.5. The number of ether oxygens (including phenoxy) is 1. The van der Waals surface area contributed by atoms with Crippen LogP contribution in [0.15, 0.2) is 48.5 Å². The summed E-state index contributed by atoms with van der Waals surface area (Å²) >= 11 is 5.82. The summed E-state index contributed by atoms with van der Waals surface area (Å²) in [6.07, 6.45) is 0. The Morgan fingerprint density at radius 3 is 2.29 bits per heavy atom. The fourth-order valence-corrected chi connectivity index (χ4v) is 1.81. The zero-order valence-electron chi connectivity index (χ0n) is 9.20. The average Bonchev–Trinajstić information content (AvgIpc) is 2.38. The summed E-state index contributed by atoms with van der Waals surface area (Å²) in [5, 5.41) is 0. The first-order valence-corrected chi connectivity index (χ1v) is 5.85. The standard InChI is InChI=1S/C14H12ClFO/c15-9-11-5-1-2-6-12(11)10-17-14-8-4-3-7-13(14)16/h1-8H,9-10H2. The van der Waals surface area contributed by atoms with E-state index in [1.807, 2.05) is 24.3 Å². The Bertz CT molecular complexity index is 499. The van der Waals surface area contributed by atoms with Crippen LogP contribution in [0, 0.1) is 5.82 Å². The van der Waals surface area contributed by atoms with Crippen LogP contribution in [-0.2, 0) is 12.5 Å². The first kappa shape index (κ1) is 11.9. The molecule has 0 unspecified atom stereocenters. The van der Waals surface area contributed by atoms with Crippen molar-refractivity contribution in [2.24, 2.45) is 0 Å². The minimum atomic E-state index is -0.351. The second-order valence-corrected chi connectivity index (χ2v) is 3.89. The molecule has 0 aliphatic carbocycles. The van der Waals surface area contributed by atoms with Crippen LogP contribution in [0.3, 0.4) is 0 Å². The molecule has 0 fully saturated rings. The minimum Gasteiger partial charge on any atom is -0.486 e. The van der Waals surface area contributed by atoms with E-state index in [-0.39, 0.29) is 11.6 Å². The van der Waals surface area contributed by atoms with Crippen LogP contribution in [-0.4, -0.2) is 0 Å². The second kappa shape index (κ2) is 5.69. The molecule has 2 aromatic rings. The number of hydrogen-bond acceptors (Lipinski definition) is 1. The van der Waals surface area contributed by atoms with Gasteiger partial charge in [0, 0.05) is 5.88 Å². The van der Waals surface area contributed by atoms with Crippen molar-refractivity contribution in [3.05, 3.63) is 65.5 Å². The van der Waals surface area contributed by atoms with Gasteiger partial charge in [-0.2, -0.15) is 0 Å². The van der Waals surface area contributed by atoms with Gasteiger partial charge in [-0.3, -0.25) is 0 Å². The topological polar surface area (TPSA) is 9.23 Å². The van der Waals surface area contributed by atoms with Crippen molar-refractivity contribution in [2.45, 2.75) is 12.5 Å². The normalized spacial score (nSPS) is 10.2. The maximum atomic E-state index is 13.3. The predicted molar refractivity (Wildman–Crippen MR) is 66.7 cm³/mol. The highest BCUT2D eigenvalue weighted by Crippen LogP contribution is 2.19. The van der Waals surface area contributed by atoms with Crippen LogP contribution in [0.1, 0.15) is 11.1 Å². The summed E-state index contributed by atoms with van der Waals surface area (Å²) in [5.74, 6) is 0.337. The zero-order chi connectivity index (χ0) is 12.1. The molecule has 0 spiro atoms. The number of rotatable bonds is 4. The molecular formula is C14H12ClFO. The molecule has 2 rings (SSSR count). The number of alkyl halides is 1. The Kier molecular flexibility index (Phi) is 3.99. The van der Waals surface area contributed by atoms with Gasteiger partial charge in [0.25, 0.3) is 0 Å². The summed E-state index contributed by atoms with van der Waals surface area (Å²) < 4.78 is 18.8. The van der Waals surface area contributed by atoms with Crippen LogP contribution in [0.4, 0.5) is 4.39 Å². The van der Waals surface area contributed by atoms with E-state index >= 15 is 0 Å². The average molecular weight is 251 g/mol. The zero-order valence-corrected chi connectivity index (χ0v) is 9.95. The molecule has 0 heterocycles. The van der Waals surface area contributed by atoms with Gasteiger partial charge in [0.2, 0.25) is 0 Å². The van der Waals surface area contributed by atoms with Crippen molar-refractivity contribution in [1.82, 2.24) is 0 Å². The molecule has 0 saturated heterocycles. The predicted octanol–water partition coefficient (Wildman–Crippen LogP) is 4.14. The van der Waals surface area contributed by atoms with Gasteiger partial charge in [0.15, 0.2) is 11.6 Å². The molecule has 0 radical (unpaired) electrons. The van der Waals surface area contributed by atoms with E-state index in [2.05, 4.69) is 0 Å². The molecule has 0 aliphatic rings. The lowest BCUT2D eigenvalue weighted by atomic mass is 10.1. The molecule has 0 aromatic heterocycles. The number of halogens is 2. The molecule has 0 amide bonds. The van der Waals surface area contributed by atoms with Gasteiger partial charge in [0.1, 0.15) is 6.61 Å². The van der Waals surface area contributed by atoms with E-state index in [0.29, 0.717) is 12.5 Å². The third kappa shape index (κ3) is 2.98. The summed E-state index contributed by atoms with van der Waals surface area (Å²) in [5.41, 5.74) is 1.98. The Morgan fingerprint density at radius 2 is 1.59 bits per heavy atom. The maximum Gasteiger partial charge on any atom is 0.165 e. The number of para-hydroxylation sites is 1. The highest BCUT2D eigenvalue weighted by Gasteiger charge is 2.04. The molecule has 2 aromatic carbocycles. The molecular weight excluding hydrogens is 239 g/mol. The Balaban J connectivity index is 2.10. The second-order valence-electron chi connectivity index (χ2n) is 3.62. The van der Waals surface area contributed by atoms with Crippen molar-refractivity contribution in [3.63, 3.8) is 0 Å². The Morgan fingerprint density at radius 1 is 0.941 bits per heavy atom. The van der Waals surface area contributed by atoms with Crippen LogP contribution in [0.2, 0.25) is 0 Å². The Labute approximate surface area is 105 Å². The lowest BCUT2D eigenvalue weighted by molar-refractivity contribution is 0.289. The molecule has 0 aliphatic heterocycles. The fraction of sp³-hybridized carbons (Fsp3) is 0.143. The molecule has 0 N–H and O–H groups in total. The van der Waals surface area contributed by atoms with E-state index in [1.165, 1.54) is 6.07 Å². The van der Waals surface area contributed by atoms with E-state index < -0.39 is 0 Å². The van der Waals surface area contributed by atoms with Crippen molar-refractivity contribution >= 4 is 11.6 Å². The van der Waals surface area contributed by atoms with Gasteiger partial charge in [0.05, 0.1) is 0 Å². The van der Waals surface area contributed by atoms with Crippen molar-refractivity contribution < 1.29 is 9.13 Å². The summed E-state index contributed by atoms with van der Waals surface area (Å²) in [6.45, 7) is 0.323. The molecule has 0 bridgehead atoms. The lowest BCUT2D eigenvalue weighted by Crippen LogP contribution is -2.00. The van der Waals surface area contributed by atoms with E-state index in [4.69, 9.17) is 16.3 Å². The van der Waals surface area contributed by atoms with E-state index in [1.54, 1.807) is 18.2 Å². The van der Waals surface area contributed by atoms with Crippen molar-refractivity contribution in [3.8, 4) is 5.75 Å². The summed E-state index contributed by atoms with van der Waals surface area (Å²) in [6, 6.07) is 14.1. The van der Waals surface area contributed by atoms with Crippen LogP contribution < -0.4 is 4.74 Å².